The smallest absolute Gasteiger partial charge is 0.280 e. The third-order valence-corrected chi connectivity index (χ3v) is 2.35. The molecule has 5 heteroatoms. The van der Waals surface area contributed by atoms with E-state index >= 15 is 0 Å². The Bertz CT molecular complexity index is 497. The molecule has 2 aromatic rings. The van der Waals surface area contributed by atoms with Crippen LogP contribution in [0.1, 0.15) is 12.1 Å². The Morgan fingerprint density at radius 2 is 2.00 bits per heavy atom. The normalized spacial score (nSPS) is 10.6. The van der Waals surface area contributed by atoms with E-state index in [1.54, 1.807) is 19.3 Å². The molecular formula is C12H11F2N3. The number of halogens is 2. The van der Waals surface area contributed by atoms with Crippen molar-refractivity contribution in [2.75, 3.05) is 12.4 Å². The second-order valence-corrected chi connectivity index (χ2v) is 3.45. The van der Waals surface area contributed by atoms with Crippen LogP contribution in [0.5, 0.6) is 0 Å². The quantitative estimate of drug-likeness (QED) is 0.888. The van der Waals surface area contributed by atoms with Gasteiger partial charge in [0.15, 0.2) is 0 Å². The molecule has 0 radical (unpaired) electrons. The maximum atomic E-state index is 12.3. The summed E-state index contributed by atoms with van der Waals surface area (Å²) in [5.41, 5.74) is 2.10. The molecule has 2 aromatic heterocycles. The van der Waals surface area contributed by atoms with Gasteiger partial charge in [0, 0.05) is 30.7 Å². The van der Waals surface area contributed by atoms with E-state index in [4.69, 9.17) is 0 Å². The van der Waals surface area contributed by atoms with Crippen LogP contribution in [0.2, 0.25) is 0 Å². The van der Waals surface area contributed by atoms with E-state index in [1.165, 1.54) is 12.3 Å². The zero-order chi connectivity index (χ0) is 12.3. The van der Waals surface area contributed by atoms with Crippen molar-refractivity contribution in [1.29, 1.82) is 0 Å². The minimum atomic E-state index is -2.54. The summed E-state index contributed by atoms with van der Waals surface area (Å²) in [6.07, 6.45) is 0.520. The average molecular weight is 235 g/mol. The van der Waals surface area contributed by atoms with Crippen molar-refractivity contribution in [2.45, 2.75) is 6.43 Å². The van der Waals surface area contributed by atoms with Crippen molar-refractivity contribution in [1.82, 2.24) is 9.97 Å². The lowest BCUT2D eigenvalue weighted by molar-refractivity contribution is 0.146. The maximum absolute atomic E-state index is 12.3. The first-order valence-electron chi connectivity index (χ1n) is 5.09. The number of pyridine rings is 2. The highest BCUT2D eigenvalue weighted by Gasteiger charge is 2.08. The zero-order valence-corrected chi connectivity index (χ0v) is 9.19. The highest BCUT2D eigenvalue weighted by Crippen LogP contribution is 2.22. The van der Waals surface area contributed by atoms with Crippen LogP contribution in [0.4, 0.5) is 14.5 Å². The van der Waals surface area contributed by atoms with Crippen molar-refractivity contribution in [3.63, 3.8) is 0 Å². The van der Waals surface area contributed by atoms with E-state index in [9.17, 15) is 8.78 Å². The Labute approximate surface area is 97.5 Å². The van der Waals surface area contributed by atoms with Crippen LogP contribution in [-0.2, 0) is 0 Å². The average Bonchev–Trinajstić information content (AvgIpc) is 2.39. The van der Waals surface area contributed by atoms with Gasteiger partial charge in [0.05, 0.1) is 5.69 Å². The van der Waals surface area contributed by atoms with Gasteiger partial charge >= 0.3 is 0 Å². The molecule has 0 aliphatic rings. The van der Waals surface area contributed by atoms with E-state index in [0.29, 0.717) is 11.3 Å². The molecule has 0 aliphatic heterocycles. The van der Waals surface area contributed by atoms with Crippen LogP contribution in [-0.4, -0.2) is 17.0 Å². The summed E-state index contributed by atoms with van der Waals surface area (Å²) in [4.78, 5) is 7.86. The highest BCUT2D eigenvalue weighted by atomic mass is 19.3. The fourth-order valence-corrected chi connectivity index (χ4v) is 1.43. The summed E-state index contributed by atoms with van der Waals surface area (Å²) < 4.78 is 24.7. The van der Waals surface area contributed by atoms with Gasteiger partial charge in [-0.1, -0.05) is 0 Å². The van der Waals surface area contributed by atoms with Crippen LogP contribution in [0, 0.1) is 0 Å². The first kappa shape index (κ1) is 11.4. The number of hydrogen-bond acceptors (Lipinski definition) is 3. The SMILES string of the molecule is CNc1ccnc(-c2ccc(C(F)F)nc2)c1. The van der Waals surface area contributed by atoms with Crippen molar-refractivity contribution in [3.05, 3.63) is 42.4 Å². The zero-order valence-electron chi connectivity index (χ0n) is 9.19. The molecule has 17 heavy (non-hydrogen) atoms. The van der Waals surface area contributed by atoms with Crippen LogP contribution in [0.25, 0.3) is 11.3 Å². The standard InChI is InChI=1S/C12H11F2N3/c1-15-9-4-5-16-11(6-9)8-2-3-10(12(13)14)17-7-8/h2-7,12H,1H3,(H,15,16). The van der Waals surface area contributed by atoms with Gasteiger partial charge in [-0.25, -0.2) is 8.78 Å². The number of rotatable bonds is 3. The van der Waals surface area contributed by atoms with Gasteiger partial charge in [0.2, 0.25) is 0 Å². The number of nitrogens with zero attached hydrogens (tertiary/aromatic N) is 2. The van der Waals surface area contributed by atoms with E-state index < -0.39 is 6.43 Å². The molecule has 2 heterocycles. The van der Waals surface area contributed by atoms with Crippen molar-refractivity contribution in [2.24, 2.45) is 0 Å². The lowest BCUT2D eigenvalue weighted by atomic mass is 10.1. The highest BCUT2D eigenvalue weighted by molar-refractivity contribution is 5.62. The number of nitrogens with one attached hydrogen (secondary N) is 1. The van der Waals surface area contributed by atoms with Gasteiger partial charge in [0.25, 0.3) is 6.43 Å². The lowest BCUT2D eigenvalue weighted by Crippen LogP contribution is -1.93. The Kier molecular flexibility index (Phi) is 3.27. The fourth-order valence-electron chi connectivity index (χ4n) is 1.43. The monoisotopic (exact) mass is 235 g/mol. The van der Waals surface area contributed by atoms with E-state index in [0.717, 1.165) is 5.69 Å². The minimum Gasteiger partial charge on any atom is -0.388 e. The molecule has 0 saturated carbocycles. The summed E-state index contributed by atoms with van der Waals surface area (Å²) in [5.74, 6) is 0. The molecule has 0 spiro atoms. The first-order chi connectivity index (χ1) is 8.20. The lowest BCUT2D eigenvalue weighted by Gasteiger charge is -2.04. The Morgan fingerprint density at radius 1 is 1.18 bits per heavy atom. The topological polar surface area (TPSA) is 37.8 Å². The number of alkyl halides is 2. The predicted molar refractivity (Wildman–Crippen MR) is 62.0 cm³/mol. The van der Waals surface area contributed by atoms with Gasteiger partial charge in [-0.2, -0.15) is 0 Å². The first-order valence-corrected chi connectivity index (χ1v) is 5.09. The third kappa shape index (κ3) is 2.55. The molecule has 0 unspecified atom stereocenters. The summed E-state index contributed by atoms with van der Waals surface area (Å²) in [5, 5.41) is 2.99. The number of aromatic nitrogens is 2. The molecule has 0 saturated heterocycles. The molecule has 2 rings (SSSR count). The van der Waals surface area contributed by atoms with E-state index in [-0.39, 0.29) is 5.69 Å². The fraction of sp³-hybridized carbons (Fsp3) is 0.167. The van der Waals surface area contributed by atoms with Crippen molar-refractivity contribution < 1.29 is 8.78 Å². The molecule has 0 bridgehead atoms. The van der Waals surface area contributed by atoms with Crippen LogP contribution in [0.3, 0.4) is 0 Å². The van der Waals surface area contributed by atoms with Gasteiger partial charge in [-0.15, -0.1) is 0 Å². The number of hydrogen-bond donors (Lipinski definition) is 1. The second-order valence-electron chi connectivity index (χ2n) is 3.45. The third-order valence-electron chi connectivity index (χ3n) is 2.35. The molecule has 0 atom stereocenters. The van der Waals surface area contributed by atoms with Crippen molar-refractivity contribution in [3.8, 4) is 11.3 Å². The molecule has 3 nitrogen and oxygen atoms in total. The largest absolute Gasteiger partial charge is 0.388 e. The van der Waals surface area contributed by atoms with Gasteiger partial charge < -0.3 is 5.32 Å². The van der Waals surface area contributed by atoms with Crippen LogP contribution in [0.15, 0.2) is 36.7 Å². The molecule has 0 amide bonds. The molecular weight excluding hydrogens is 224 g/mol. The number of anilines is 1. The molecule has 0 aromatic carbocycles. The summed E-state index contributed by atoms with van der Waals surface area (Å²) >= 11 is 0. The van der Waals surface area contributed by atoms with Crippen molar-refractivity contribution >= 4 is 5.69 Å². The molecule has 88 valence electrons. The molecule has 0 aliphatic carbocycles. The van der Waals surface area contributed by atoms with Crippen LogP contribution >= 0.6 is 0 Å². The second kappa shape index (κ2) is 4.86. The Morgan fingerprint density at radius 3 is 2.59 bits per heavy atom. The summed E-state index contributed by atoms with van der Waals surface area (Å²) in [6, 6.07) is 6.56. The predicted octanol–water partition coefficient (Wildman–Crippen LogP) is 3.12. The summed E-state index contributed by atoms with van der Waals surface area (Å²) in [7, 11) is 1.80. The minimum absolute atomic E-state index is 0.224. The molecule has 1 N–H and O–H groups in total. The van der Waals surface area contributed by atoms with E-state index in [2.05, 4.69) is 15.3 Å². The Balaban J connectivity index is 2.32. The van der Waals surface area contributed by atoms with E-state index in [1.807, 2.05) is 12.1 Å². The van der Waals surface area contributed by atoms with Gasteiger partial charge in [-0.05, 0) is 24.3 Å². The van der Waals surface area contributed by atoms with Gasteiger partial charge in [0.1, 0.15) is 5.69 Å². The van der Waals surface area contributed by atoms with Crippen LogP contribution < -0.4 is 5.32 Å². The summed E-state index contributed by atoms with van der Waals surface area (Å²) in [6.45, 7) is 0. The Hall–Kier alpha value is -2.04. The molecule has 0 fully saturated rings. The van der Waals surface area contributed by atoms with Gasteiger partial charge in [-0.3, -0.25) is 9.97 Å². The maximum Gasteiger partial charge on any atom is 0.280 e.